The molecule has 0 aliphatic rings. The predicted octanol–water partition coefficient (Wildman–Crippen LogP) is 4.01. The summed E-state index contributed by atoms with van der Waals surface area (Å²) in [6, 6.07) is 15.3. The first-order valence-electron chi connectivity index (χ1n) is 6.71. The van der Waals surface area contributed by atoms with Crippen molar-refractivity contribution in [3.63, 3.8) is 0 Å². The molecule has 6 heteroatoms. The number of ether oxygens (including phenoxy) is 1. The lowest BCUT2D eigenvalue weighted by molar-refractivity contribution is 0.230. The van der Waals surface area contributed by atoms with E-state index in [1.807, 2.05) is 19.9 Å². The van der Waals surface area contributed by atoms with Crippen molar-refractivity contribution in [1.29, 1.82) is 0 Å². The van der Waals surface area contributed by atoms with Crippen LogP contribution in [-0.4, -0.2) is 20.4 Å². The molecule has 0 spiro atoms. The van der Waals surface area contributed by atoms with Gasteiger partial charge in [-0.2, -0.15) is 8.42 Å². The van der Waals surface area contributed by atoms with Gasteiger partial charge in [0.2, 0.25) is 5.90 Å². The van der Waals surface area contributed by atoms with Crippen LogP contribution in [0.1, 0.15) is 19.4 Å². The van der Waals surface area contributed by atoms with Gasteiger partial charge in [-0.15, -0.1) is 4.40 Å². The molecule has 0 aliphatic carbocycles. The summed E-state index contributed by atoms with van der Waals surface area (Å²) in [5.41, 5.74) is 0.622. The third-order valence-electron chi connectivity index (χ3n) is 2.68. The van der Waals surface area contributed by atoms with Crippen molar-refractivity contribution < 1.29 is 13.2 Å². The van der Waals surface area contributed by atoms with Crippen LogP contribution in [0.2, 0.25) is 0 Å². The molecule has 0 unspecified atom stereocenters. The monoisotopic (exact) mass is 381 g/mol. The van der Waals surface area contributed by atoms with Gasteiger partial charge in [-0.3, -0.25) is 0 Å². The van der Waals surface area contributed by atoms with Crippen LogP contribution in [0.15, 0.2) is 68.4 Å². The average Bonchev–Trinajstić information content (AvgIpc) is 2.47. The number of hydrogen-bond donors (Lipinski definition) is 0. The molecule has 0 saturated carbocycles. The fourth-order valence-electron chi connectivity index (χ4n) is 1.71. The SMILES string of the molecule is CC(C)O/C(=N\S(=O)(=O)c1ccc(Br)cc1)c1ccccc1. The molecular formula is C16H16BrNO3S. The zero-order valence-electron chi connectivity index (χ0n) is 12.2. The Morgan fingerprint density at radius 2 is 1.64 bits per heavy atom. The van der Waals surface area contributed by atoms with Gasteiger partial charge in [-0.25, -0.2) is 0 Å². The Kier molecular flexibility index (Phi) is 5.37. The van der Waals surface area contributed by atoms with Gasteiger partial charge in [-0.1, -0.05) is 34.1 Å². The van der Waals surface area contributed by atoms with Crippen molar-refractivity contribution in [1.82, 2.24) is 0 Å². The molecular weight excluding hydrogens is 366 g/mol. The smallest absolute Gasteiger partial charge is 0.285 e. The predicted molar refractivity (Wildman–Crippen MR) is 90.5 cm³/mol. The molecule has 0 N–H and O–H groups in total. The fourth-order valence-corrected chi connectivity index (χ4v) is 2.93. The van der Waals surface area contributed by atoms with Crippen molar-refractivity contribution in [2.24, 2.45) is 4.40 Å². The maximum Gasteiger partial charge on any atom is 0.285 e. The number of hydrogen-bond acceptors (Lipinski definition) is 3. The second-order valence-corrected chi connectivity index (χ2v) is 7.38. The van der Waals surface area contributed by atoms with Crippen LogP contribution in [-0.2, 0) is 14.8 Å². The Bertz CT molecular complexity index is 754. The van der Waals surface area contributed by atoms with Crippen molar-refractivity contribution >= 4 is 31.9 Å². The fraction of sp³-hybridized carbons (Fsp3) is 0.188. The van der Waals surface area contributed by atoms with Crippen LogP contribution >= 0.6 is 15.9 Å². The number of nitrogens with zero attached hydrogens (tertiary/aromatic N) is 1. The highest BCUT2D eigenvalue weighted by Gasteiger charge is 2.17. The van der Waals surface area contributed by atoms with Crippen LogP contribution in [0.25, 0.3) is 0 Å². The van der Waals surface area contributed by atoms with E-state index in [0.29, 0.717) is 5.56 Å². The van der Waals surface area contributed by atoms with E-state index in [9.17, 15) is 8.42 Å². The summed E-state index contributed by atoms with van der Waals surface area (Å²) in [7, 11) is -3.83. The molecule has 2 aromatic carbocycles. The van der Waals surface area contributed by atoms with E-state index in [-0.39, 0.29) is 16.9 Å². The summed E-state index contributed by atoms with van der Waals surface area (Å²) in [5.74, 6) is 0.0959. The Hall–Kier alpha value is -1.66. The first-order chi connectivity index (χ1) is 10.4. The lowest BCUT2D eigenvalue weighted by Crippen LogP contribution is -2.15. The van der Waals surface area contributed by atoms with Gasteiger partial charge >= 0.3 is 0 Å². The number of halogens is 1. The first kappa shape index (κ1) is 16.7. The molecule has 0 aliphatic heterocycles. The van der Waals surface area contributed by atoms with Gasteiger partial charge in [0.15, 0.2) is 0 Å². The van der Waals surface area contributed by atoms with Gasteiger partial charge in [0.1, 0.15) is 0 Å². The summed E-state index contributed by atoms with van der Waals surface area (Å²) in [6.07, 6.45) is -0.181. The van der Waals surface area contributed by atoms with Crippen LogP contribution < -0.4 is 0 Å². The molecule has 0 bridgehead atoms. The molecule has 0 saturated heterocycles. The summed E-state index contributed by atoms with van der Waals surface area (Å²) in [4.78, 5) is 0.122. The number of benzene rings is 2. The largest absolute Gasteiger partial charge is 0.474 e. The molecule has 0 radical (unpaired) electrons. The minimum absolute atomic E-state index is 0.0959. The lowest BCUT2D eigenvalue weighted by atomic mass is 10.2. The van der Waals surface area contributed by atoms with Gasteiger partial charge in [0.25, 0.3) is 10.0 Å². The van der Waals surface area contributed by atoms with E-state index >= 15 is 0 Å². The minimum atomic E-state index is -3.83. The molecule has 116 valence electrons. The van der Waals surface area contributed by atoms with Crippen LogP contribution in [0.5, 0.6) is 0 Å². The Balaban J connectivity index is 2.46. The van der Waals surface area contributed by atoms with E-state index in [4.69, 9.17) is 4.74 Å². The third-order valence-corrected chi connectivity index (χ3v) is 4.49. The summed E-state index contributed by atoms with van der Waals surface area (Å²) >= 11 is 3.28. The Morgan fingerprint density at radius 1 is 1.05 bits per heavy atom. The number of rotatable bonds is 4. The first-order valence-corrected chi connectivity index (χ1v) is 8.94. The molecule has 2 rings (SSSR count). The van der Waals surface area contributed by atoms with E-state index in [1.165, 1.54) is 12.1 Å². The van der Waals surface area contributed by atoms with Gasteiger partial charge < -0.3 is 4.74 Å². The van der Waals surface area contributed by atoms with E-state index in [1.54, 1.807) is 36.4 Å². The molecule has 22 heavy (non-hydrogen) atoms. The molecule has 2 aromatic rings. The van der Waals surface area contributed by atoms with E-state index < -0.39 is 10.0 Å². The van der Waals surface area contributed by atoms with E-state index in [2.05, 4.69) is 20.3 Å². The maximum absolute atomic E-state index is 12.4. The van der Waals surface area contributed by atoms with Crippen LogP contribution in [0, 0.1) is 0 Å². The van der Waals surface area contributed by atoms with Crippen LogP contribution in [0.4, 0.5) is 0 Å². The summed E-state index contributed by atoms with van der Waals surface area (Å²) in [5, 5.41) is 0. The van der Waals surface area contributed by atoms with Gasteiger partial charge in [0.05, 0.1) is 11.0 Å². The Morgan fingerprint density at radius 3 is 2.18 bits per heavy atom. The molecule has 4 nitrogen and oxygen atoms in total. The van der Waals surface area contributed by atoms with Crippen molar-refractivity contribution in [2.75, 3.05) is 0 Å². The molecule has 0 aromatic heterocycles. The van der Waals surface area contributed by atoms with Gasteiger partial charge in [-0.05, 0) is 50.2 Å². The summed E-state index contributed by atoms with van der Waals surface area (Å²) < 4.78 is 35.1. The quantitative estimate of drug-likeness (QED) is 0.593. The van der Waals surface area contributed by atoms with Crippen molar-refractivity contribution in [3.8, 4) is 0 Å². The van der Waals surface area contributed by atoms with Crippen molar-refractivity contribution in [2.45, 2.75) is 24.8 Å². The van der Waals surface area contributed by atoms with E-state index in [0.717, 1.165) is 4.47 Å². The third kappa shape index (κ3) is 4.42. The molecule has 0 amide bonds. The topological polar surface area (TPSA) is 55.7 Å². The maximum atomic E-state index is 12.4. The summed E-state index contributed by atoms with van der Waals surface area (Å²) in [6.45, 7) is 3.65. The highest BCUT2D eigenvalue weighted by atomic mass is 79.9. The van der Waals surface area contributed by atoms with Gasteiger partial charge in [0, 0.05) is 10.0 Å². The second-order valence-electron chi connectivity index (χ2n) is 4.86. The molecule has 0 atom stereocenters. The average molecular weight is 382 g/mol. The lowest BCUT2D eigenvalue weighted by Gasteiger charge is -2.12. The zero-order valence-corrected chi connectivity index (χ0v) is 14.6. The molecule has 0 heterocycles. The molecule has 0 fully saturated rings. The normalized spacial score (nSPS) is 12.5. The zero-order chi connectivity index (χ0) is 16.2. The second kappa shape index (κ2) is 7.07. The standard InChI is InChI=1S/C16H16BrNO3S/c1-12(2)21-16(13-6-4-3-5-7-13)18-22(19,20)15-10-8-14(17)9-11-15/h3-12H,1-2H3/b18-16-. The van der Waals surface area contributed by atoms with Crippen molar-refractivity contribution in [3.05, 3.63) is 64.6 Å². The minimum Gasteiger partial charge on any atom is -0.474 e. The Labute approximate surface area is 139 Å². The number of sulfonamides is 1. The highest BCUT2D eigenvalue weighted by molar-refractivity contribution is 9.10. The van der Waals surface area contributed by atoms with Crippen LogP contribution in [0.3, 0.4) is 0 Å². The highest BCUT2D eigenvalue weighted by Crippen LogP contribution is 2.18.